The Balaban J connectivity index is 1.47. The number of hydrogen-bond donors (Lipinski definition) is 2. The van der Waals surface area contributed by atoms with Crippen molar-refractivity contribution in [2.24, 2.45) is 11.0 Å². The number of carbonyl (C=O) groups excluding carboxylic acids is 2. The number of carbonyl (C=O) groups is 2. The first-order valence-electron chi connectivity index (χ1n) is 10.0. The van der Waals surface area contributed by atoms with Gasteiger partial charge in [-0.15, -0.1) is 0 Å². The van der Waals surface area contributed by atoms with Crippen molar-refractivity contribution in [3.05, 3.63) is 65.4 Å². The van der Waals surface area contributed by atoms with Gasteiger partial charge in [-0.2, -0.15) is 5.10 Å². The number of rotatable bonds is 5. The van der Waals surface area contributed by atoms with Crippen molar-refractivity contribution in [3.63, 3.8) is 0 Å². The largest absolute Gasteiger partial charge is 0.347 e. The fourth-order valence-corrected chi connectivity index (χ4v) is 4.24. The third-order valence-corrected chi connectivity index (χ3v) is 5.71. The number of aromatic nitrogens is 1. The molecule has 2 N–H and O–H groups in total. The third kappa shape index (κ3) is 3.10. The summed E-state index contributed by atoms with van der Waals surface area (Å²) < 4.78 is 2.12. The molecule has 1 saturated carbocycles. The van der Waals surface area contributed by atoms with Crippen molar-refractivity contribution in [1.29, 1.82) is 0 Å². The summed E-state index contributed by atoms with van der Waals surface area (Å²) in [4.78, 5) is 25.4. The smallest absolute Gasteiger partial charge is 0.272 e. The SMILES string of the molecule is CCCn1cc2c3c(cc(NC(=O)C4CC4c4ccccc4)cc31)C(=O)NN=C2. The summed E-state index contributed by atoms with van der Waals surface area (Å²) in [6.45, 7) is 2.95. The van der Waals surface area contributed by atoms with Gasteiger partial charge in [-0.25, -0.2) is 5.43 Å². The molecule has 2 aromatic carbocycles. The van der Waals surface area contributed by atoms with Crippen LogP contribution in [0, 0.1) is 5.92 Å². The molecule has 2 heterocycles. The Kier molecular flexibility index (Phi) is 4.19. The molecule has 2 unspecified atom stereocenters. The quantitative estimate of drug-likeness (QED) is 0.698. The number of anilines is 1. The van der Waals surface area contributed by atoms with Gasteiger partial charge >= 0.3 is 0 Å². The second kappa shape index (κ2) is 6.88. The molecule has 146 valence electrons. The van der Waals surface area contributed by atoms with Gasteiger partial charge in [0, 0.05) is 35.3 Å². The standard InChI is InChI=1S/C23H22N4O2/c1-2-8-27-13-15-12-24-26-23(29)19-9-16(10-20(27)21(15)19)25-22(28)18-11-17(18)14-6-4-3-5-7-14/h3-7,9-10,12-13,17-18H,2,8,11H2,1H3,(H,25,28)(H,26,29). The first-order valence-corrected chi connectivity index (χ1v) is 10.0. The van der Waals surface area contributed by atoms with Crippen molar-refractivity contribution in [2.75, 3.05) is 5.32 Å². The van der Waals surface area contributed by atoms with Crippen LogP contribution < -0.4 is 10.7 Å². The molecular weight excluding hydrogens is 364 g/mol. The lowest BCUT2D eigenvalue weighted by Crippen LogP contribution is -2.18. The highest BCUT2D eigenvalue weighted by Crippen LogP contribution is 2.48. The molecule has 6 heteroatoms. The molecular formula is C23H22N4O2. The first kappa shape index (κ1) is 17.7. The Morgan fingerprint density at radius 2 is 2.10 bits per heavy atom. The van der Waals surface area contributed by atoms with Crippen molar-refractivity contribution < 1.29 is 9.59 Å². The average Bonchev–Trinajstić information content (AvgIpc) is 3.48. The topological polar surface area (TPSA) is 75.5 Å². The third-order valence-electron chi connectivity index (χ3n) is 5.71. The normalized spacial score (nSPS) is 19.7. The van der Waals surface area contributed by atoms with Crippen LogP contribution in [0.25, 0.3) is 10.9 Å². The van der Waals surface area contributed by atoms with E-state index in [1.807, 2.05) is 30.5 Å². The fraction of sp³-hybridized carbons (Fsp3) is 0.261. The van der Waals surface area contributed by atoms with Gasteiger partial charge in [-0.1, -0.05) is 37.3 Å². The molecule has 2 aliphatic rings. The van der Waals surface area contributed by atoms with E-state index in [-0.39, 0.29) is 23.7 Å². The zero-order chi connectivity index (χ0) is 20.0. The van der Waals surface area contributed by atoms with E-state index in [4.69, 9.17) is 0 Å². The van der Waals surface area contributed by atoms with Crippen LogP contribution in [0.15, 0.2) is 53.8 Å². The Morgan fingerprint density at radius 3 is 2.90 bits per heavy atom. The molecule has 0 spiro atoms. The van der Waals surface area contributed by atoms with E-state index in [0.717, 1.165) is 35.9 Å². The van der Waals surface area contributed by atoms with Gasteiger partial charge in [-0.3, -0.25) is 9.59 Å². The number of hydrazone groups is 1. The van der Waals surface area contributed by atoms with Crippen molar-refractivity contribution in [3.8, 4) is 0 Å². The molecule has 1 aliphatic carbocycles. The minimum Gasteiger partial charge on any atom is -0.347 e. The lowest BCUT2D eigenvalue weighted by Gasteiger charge is -2.11. The number of benzene rings is 2. The summed E-state index contributed by atoms with van der Waals surface area (Å²) in [5.41, 5.74) is 6.78. The Bertz CT molecular complexity index is 1150. The van der Waals surface area contributed by atoms with Crippen LogP contribution >= 0.6 is 0 Å². The van der Waals surface area contributed by atoms with Crippen LogP contribution in [-0.4, -0.2) is 22.6 Å². The number of hydrogen-bond acceptors (Lipinski definition) is 3. The molecule has 2 amide bonds. The van der Waals surface area contributed by atoms with Crippen molar-refractivity contribution >= 4 is 34.6 Å². The summed E-state index contributed by atoms with van der Waals surface area (Å²) >= 11 is 0. The van der Waals surface area contributed by atoms with Crippen molar-refractivity contribution in [1.82, 2.24) is 9.99 Å². The lowest BCUT2D eigenvalue weighted by molar-refractivity contribution is -0.117. The predicted octanol–water partition coefficient (Wildman–Crippen LogP) is 3.87. The van der Waals surface area contributed by atoms with Gasteiger partial charge < -0.3 is 9.88 Å². The zero-order valence-corrected chi connectivity index (χ0v) is 16.2. The highest BCUT2D eigenvalue weighted by atomic mass is 16.2. The fourth-order valence-electron chi connectivity index (χ4n) is 4.24. The van der Waals surface area contributed by atoms with E-state index >= 15 is 0 Å². The number of nitrogens with zero attached hydrogens (tertiary/aromatic N) is 2. The minimum atomic E-state index is -0.260. The molecule has 5 rings (SSSR count). The maximum atomic E-state index is 12.8. The van der Waals surface area contributed by atoms with Gasteiger partial charge in [0.2, 0.25) is 5.91 Å². The van der Waals surface area contributed by atoms with Gasteiger partial charge in [0.1, 0.15) is 0 Å². The Hall–Kier alpha value is -3.41. The second-order valence-corrected chi connectivity index (χ2v) is 7.74. The molecule has 3 aromatic rings. The van der Waals surface area contributed by atoms with E-state index in [0.29, 0.717) is 11.3 Å². The summed E-state index contributed by atoms with van der Waals surface area (Å²) in [6, 6.07) is 13.8. The van der Waals surface area contributed by atoms with Crippen LogP contribution in [0.1, 0.15) is 47.2 Å². The minimum absolute atomic E-state index is 0.00417. The van der Waals surface area contributed by atoms with Crippen molar-refractivity contribution in [2.45, 2.75) is 32.2 Å². The zero-order valence-electron chi connectivity index (χ0n) is 16.2. The highest BCUT2D eigenvalue weighted by molar-refractivity contribution is 6.15. The average molecular weight is 386 g/mol. The lowest BCUT2D eigenvalue weighted by atomic mass is 10.0. The van der Waals surface area contributed by atoms with E-state index in [9.17, 15) is 9.59 Å². The predicted molar refractivity (Wildman–Crippen MR) is 113 cm³/mol. The molecule has 1 aliphatic heterocycles. The summed E-state index contributed by atoms with van der Waals surface area (Å²) in [7, 11) is 0. The van der Waals surface area contributed by atoms with Crippen LogP contribution in [0.3, 0.4) is 0 Å². The first-order chi connectivity index (χ1) is 14.2. The van der Waals surface area contributed by atoms with Crippen LogP contribution in [0.5, 0.6) is 0 Å². The number of nitrogens with one attached hydrogen (secondary N) is 2. The van der Waals surface area contributed by atoms with Crippen LogP contribution in [-0.2, 0) is 11.3 Å². The Morgan fingerprint density at radius 1 is 1.28 bits per heavy atom. The van der Waals surface area contributed by atoms with Gasteiger partial charge in [0.15, 0.2) is 0 Å². The maximum absolute atomic E-state index is 12.8. The summed E-state index contributed by atoms with van der Waals surface area (Å²) in [5.74, 6) is -0.00967. The van der Waals surface area contributed by atoms with E-state index < -0.39 is 0 Å². The Labute approximate surface area is 168 Å². The van der Waals surface area contributed by atoms with Gasteiger partial charge in [-0.05, 0) is 36.5 Å². The van der Waals surface area contributed by atoms with Crippen LogP contribution in [0.4, 0.5) is 5.69 Å². The van der Waals surface area contributed by atoms with Crippen LogP contribution in [0.2, 0.25) is 0 Å². The number of amides is 2. The van der Waals surface area contributed by atoms with E-state index in [1.54, 1.807) is 12.3 Å². The molecule has 1 fully saturated rings. The molecule has 6 nitrogen and oxygen atoms in total. The van der Waals surface area contributed by atoms with Gasteiger partial charge in [0.25, 0.3) is 5.91 Å². The molecule has 0 bridgehead atoms. The number of aryl methyl sites for hydroxylation is 1. The summed E-state index contributed by atoms with van der Waals surface area (Å²) in [6.07, 6.45) is 5.52. The maximum Gasteiger partial charge on any atom is 0.272 e. The highest BCUT2D eigenvalue weighted by Gasteiger charge is 2.43. The molecule has 1 aromatic heterocycles. The molecule has 29 heavy (non-hydrogen) atoms. The summed E-state index contributed by atoms with van der Waals surface area (Å²) in [5, 5.41) is 7.93. The molecule has 0 radical (unpaired) electrons. The van der Waals surface area contributed by atoms with E-state index in [2.05, 4.69) is 39.5 Å². The van der Waals surface area contributed by atoms with E-state index in [1.165, 1.54) is 5.56 Å². The monoisotopic (exact) mass is 386 g/mol. The molecule has 2 atom stereocenters. The molecule has 0 saturated heterocycles. The second-order valence-electron chi connectivity index (χ2n) is 7.74. The van der Waals surface area contributed by atoms with Gasteiger partial charge in [0.05, 0.1) is 17.3 Å².